The summed E-state index contributed by atoms with van der Waals surface area (Å²) in [4.78, 5) is 25.2. The Morgan fingerprint density at radius 2 is 1.39 bits per heavy atom. The van der Waals surface area contributed by atoms with Gasteiger partial charge >= 0.3 is 11.9 Å². The van der Waals surface area contributed by atoms with Crippen LogP contribution in [0.15, 0.2) is 0 Å². The Morgan fingerprint density at radius 1 is 0.818 bits per heavy atom. The first-order valence-electron chi connectivity index (χ1n) is 13.2. The van der Waals surface area contributed by atoms with E-state index >= 15 is 0 Å². The molecular weight excluding hydrogens is 424 g/mol. The Morgan fingerprint density at radius 3 is 2.00 bits per heavy atom. The van der Waals surface area contributed by atoms with Gasteiger partial charge in [-0.2, -0.15) is 0 Å². The maximum Gasteiger partial charge on any atom is 0.312 e. The molecule has 1 heterocycles. The number of ether oxygens (including phenoxy) is 3. The van der Waals surface area contributed by atoms with Gasteiger partial charge < -0.3 is 24.4 Å². The van der Waals surface area contributed by atoms with E-state index < -0.39 is 17.2 Å². The van der Waals surface area contributed by atoms with Gasteiger partial charge in [0.05, 0.1) is 36.8 Å². The molecule has 2 N–H and O–H groups in total. The van der Waals surface area contributed by atoms with Crippen molar-refractivity contribution in [3.63, 3.8) is 0 Å². The van der Waals surface area contributed by atoms with Gasteiger partial charge in [0.2, 0.25) is 0 Å². The van der Waals surface area contributed by atoms with Crippen LogP contribution in [0.2, 0.25) is 0 Å². The Kier molecular flexibility index (Phi) is 4.45. The molecule has 0 radical (unpaired) electrons. The van der Waals surface area contributed by atoms with Gasteiger partial charge in [0.1, 0.15) is 0 Å². The Hall–Kier alpha value is -1.18. The molecule has 9 aliphatic rings. The number of carboxylic acids is 1. The first-order valence-corrected chi connectivity index (χ1v) is 13.2. The van der Waals surface area contributed by atoms with E-state index in [2.05, 4.69) is 0 Å². The van der Waals surface area contributed by atoms with Crippen LogP contribution in [0.25, 0.3) is 0 Å². The van der Waals surface area contributed by atoms with Crippen molar-refractivity contribution in [2.75, 3.05) is 19.8 Å². The molecule has 0 amide bonds. The average molecular weight is 461 g/mol. The first-order chi connectivity index (χ1) is 15.8. The van der Waals surface area contributed by atoms with E-state index in [-0.39, 0.29) is 47.1 Å². The fraction of sp³-hybridized carbons (Fsp3) is 0.923. The van der Waals surface area contributed by atoms with Crippen LogP contribution in [0.4, 0.5) is 0 Å². The van der Waals surface area contributed by atoms with Crippen LogP contribution in [0, 0.1) is 52.3 Å². The highest BCUT2D eigenvalue weighted by Crippen LogP contribution is 2.65. The monoisotopic (exact) mass is 460 g/mol. The number of aliphatic hydroxyl groups excluding tert-OH is 1. The van der Waals surface area contributed by atoms with Gasteiger partial charge in [0, 0.05) is 17.8 Å². The minimum absolute atomic E-state index is 0.0182. The minimum atomic E-state index is -0.644. The van der Waals surface area contributed by atoms with Crippen molar-refractivity contribution in [1.29, 1.82) is 0 Å². The molecular formula is C26H36O7. The summed E-state index contributed by atoms with van der Waals surface area (Å²) in [5, 5.41) is 20.4. The van der Waals surface area contributed by atoms with Crippen molar-refractivity contribution in [3.8, 4) is 0 Å². The fourth-order valence-corrected chi connectivity index (χ4v) is 9.94. The molecule has 1 spiro atoms. The van der Waals surface area contributed by atoms with Crippen molar-refractivity contribution in [3.05, 3.63) is 0 Å². The minimum Gasteiger partial charge on any atom is -0.481 e. The highest BCUT2D eigenvalue weighted by molar-refractivity contribution is 5.77. The molecule has 4 atom stereocenters. The van der Waals surface area contributed by atoms with Crippen LogP contribution in [0.3, 0.4) is 0 Å². The quantitative estimate of drug-likeness (QED) is 0.622. The van der Waals surface area contributed by atoms with Crippen LogP contribution in [0.5, 0.6) is 0 Å². The van der Waals surface area contributed by atoms with Crippen molar-refractivity contribution in [2.45, 2.75) is 76.1 Å². The number of carbonyl (C=O) groups is 2. The van der Waals surface area contributed by atoms with Gasteiger partial charge in [0.25, 0.3) is 0 Å². The first kappa shape index (κ1) is 21.1. The molecule has 1 saturated heterocycles. The van der Waals surface area contributed by atoms with Crippen LogP contribution in [-0.2, 0) is 23.8 Å². The highest BCUT2D eigenvalue weighted by atomic mass is 16.7. The molecule has 8 aliphatic carbocycles. The molecule has 9 fully saturated rings. The Balaban J connectivity index is 0.979. The second kappa shape index (κ2) is 6.94. The molecule has 0 aromatic heterocycles. The van der Waals surface area contributed by atoms with Gasteiger partial charge in [-0.15, -0.1) is 0 Å². The molecule has 7 heteroatoms. The number of hydrogen-bond acceptors (Lipinski definition) is 6. The van der Waals surface area contributed by atoms with E-state index in [1.165, 1.54) is 0 Å². The lowest BCUT2D eigenvalue weighted by molar-refractivity contribution is -0.375. The van der Waals surface area contributed by atoms with Crippen molar-refractivity contribution >= 4 is 11.9 Å². The summed E-state index contributed by atoms with van der Waals surface area (Å²) >= 11 is 0. The topological polar surface area (TPSA) is 102 Å². The molecule has 8 saturated carbocycles. The van der Waals surface area contributed by atoms with E-state index in [1.54, 1.807) is 0 Å². The summed E-state index contributed by atoms with van der Waals surface area (Å²) in [6, 6.07) is 0. The zero-order valence-corrected chi connectivity index (χ0v) is 19.2. The van der Waals surface area contributed by atoms with E-state index in [1.807, 2.05) is 0 Å². The summed E-state index contributed by atoms with van der Waals surface area (Å²) in [5.41, 5.74) is -0.966. The van der Waals surface area contributed by atoms with Gasteiger partial charge in [-0.05, 0) is 87.9 Å². The maximum absolute atomic E-state index is 13.2. The number of aliphatic hydroxyl groups is 1. The zero-order valence-electron chi connectivity index (χ0n) is 19.2. The predicted octanol–water partition coefficient (Wildman–Crippen LogP) is 2.99. The SMILES string of the molecule is O=C(O)C12CC3CC(C1)C1(OCC(COC(=O)C45CC6CC(C4)C(O)C(C6)C5)CO1)C(C3)C2. The molecule has 0 aromatic carbocycles. The molecule has 8 bridgehead atoms. The number of carboxylic acid groups (broad SMARTS) is 1. The summed E-state index contributed by atoms with van der Waals surface area (Å²) in [6.07, 6.45) is 8.49. The largest absolute Gasteiger partial charge is 0.481 e. The van der Waals surface area contributed by atoms with Crippen LogP contribution < -0.4 is 0 Å². The summed E-state index contributed by atoms with van der Waals surface area (Å²) < 4.78 is 18.8. The third-order valence-corrected chi connectivity index (χ3v) is 11.0. The van der Waals surface area contributed by atoms with Crippen LogP contribution >= 0.6 is 0 Å². The molecule has 33 heavy (non-hydrogen) atoms. The number of esters is 1. The molecule has 7 nitrogen and oxygen atoms in total. The maximum atomic E-state index is 13.2. The Bertz CT molecular complexity index is 827. The fourth-order valence-electron chi connectivity index (χ4n) is 9.94. The predicted molar refractivity (Wildman–Crippen MR) is 115 cm³/mol. The summed E-state index contributed by atoms with van der Waals surface area (Å²) in [7, 11) is 0. The lowest BCUT2D eigenvalue weighted by Gasteiger charge is -2.64. The van der Waals surface area contributed by atoms with Crippen LogP contribution in [-0.4, -0.2) is 53.9 Å². The second-order valence-electron chi connectivity index (χ2n) is 13.0. The number of carbonyl (C=O) groups excluding carboxylic acids is 1. The highest BCUT2D eigenvalue weighted by Gasteiger charge is 2.67. The van der Waals surface area contributed by atoms with Crippen molar-refractivity contribution < 1.29 is 34.0 Å². The molecule has 9 rings (SSSR count). The molecule has 4 unspecified atom stereocenters. The number of aliphatic carboxylic acids is 1. The Labute approximate surface area is 194 Å². The average Bonchev–Trinajstić information content (AvgIpc) is 2.79. The third-order valence-electron chi connectivity index (χ3n) is 11.0. The van der Waals surface area contributed by atoms with Crippen LogP contribution in [0.1, 0.15) is 64.2 Å². The van der Waals surface area contributed by atoms with E-state index in [0.29, 0.717) is 44.5 Å². The van der Waals surface area contributed by atoms with Crippen molar-refractivity contribution in [2.24, 2.45) is 52.3 Å². The molecule has 0 aromatic rings. The summed E-state index contributed by atoms with van der Waals surface area (Å²) in [5.74, 6) is 0.536. The standard InChI is InChI=1S/C26H36O7/c27-21-17-1-14-2-18(21)8-25(6-14,7-17)23(30)31-11-16-12-32-26(33-13-16)19-3-15-4-20(26)10-24(5-15,9-19)22(28)29/h14-21,27H,1-13H2,(H,28,29). The number of rotatable bonds is 4. The van der Waals surface area contributed by atoms with E-state index in [9.17, 15) is 19.8 Å². The molecule has 182 valence electrons. The van der Waals surface area contributed by atoms with Gasteiger partial charge in [-0.1, -0.05) is 0 Å². The third kappa shape index (κ3) is 2.91. The smallest absolute Gasteiger partial charge is 0.312 e. The van der Waals surface area contributed by atoms with Gasteiger partial charge in [0.15, 0.2) is 5.79 Å². The normalized spacial score (nSPS) is 55.8. The second-order valence-corrected chi connectivity index (χ2v) is 13.0. The summed E-state index contributed by atoms with van der Waals surface area (Å²) in [6.45, 7) is 1.32. The van der Waals surface area contributed by atoms with Gasteiger partial charge in [-0.3, -0.25) is 9.59 Å². The lowest BCUT2D eigenvalue weighted by Crippen LogP contribution is -2.66. The molecule has 1 aliphatic heterocycles. The number of hydrogen-bond donors (Lipinski definition) is 2. The van der Waals surface area contributed by atoms with E-state index in [4.69, 9.17) is 14.2 Å². The zero-order chi connectivity index (χ0) is 22.6. The van der Waals surface area contributed by atoms with Crippen molar-refractivity contribution in [1.82, 2.24) is 0 Å². The lowest BCUT2D eigenvalue weighted by atomic mass is 9.47. The van der Waals surface area contributed by atoms with Gasteiger partial charge in [-0.25, -0.2) is 0 Å². The van der Waals surface area contributed by atoms with E-state index in [0.717, 1.165) is 51.4 Å².